The molecule has 0 atom stereocenters. The van der Waals surface area contributed by atoms with Crippen LogP contribution >= 0.6 is 23.1 Å². The van der Waals surface area contributed by atoms with Gasteiger partial charge in [0.15, 0.2) is 16.1 Å². The Balaban J connectivity index is 1.52. The number of para-hydroxylation sites is 2. The molecule has 4 rings (SSSR count). The number of carbonyl (C=O) groups excluding carboxylic acids is 1. The molecule has 7 nitrogen and oxygen atoms in total. The van der Waals surface area contributed by atoms with Crippen molar-refractivity contribution >= 4 is 39.8 Å². The maximum atomic E-state index is 12.3. The van der Waals surface area contributed by atoms with E-state index in [0.29, 0.717) is 16.8 Å². The standard InChI is InChI=1S/C21H20N6OS2/c1-15-7-5-6-10-17(15)23-13-18-25-26-21(27(18)16-8-3-2-4-9-16)30-14-19(28)24-20-22-11-12-29-20/h2-12,23H,13-14H2,1H3,(H,22,24,28). The van der Waals surface area contributed by atoms with E-state index < -0.39 is 0 Å². The van der Waals surface area contributed by atoms with E-state index in [2.05, 4.69) is 38.8 Å². The lowest BCUT2D eigenvalue weighted by molar-refractivity contribution is -0.113. The SMILES string of the molecule is Cc1ccccc1NCc1nnc(SCC(=O)Nc2nccs2)n1-c1ccccc1. The van der Waals surface area contributed by atoms with Gasteiger partial charge in [0.2, 0.25) is 5.91 Å². The van der Waals surface area contributed by atoms with Crippen molar-refractivity contribution in [2.24, 2.45) is 0 Å². The molecule has 0 radical (unpaired) electrons. The van der Waals surface area contributed by atoms with Crippen LogP contribution in [0.25, 0.3) is 5.69 Å². The molecule has 4 aromatic rings. The summed E-state index contributed by atoms with van der Waals surface area (Å²) in [7, 11) is 0. The Kier molecular flexibility index (Phi) is 6.41. The lowest BCUT2D eigenvalue weighted by atomic mass is 10.2. The highest BCUT2D eigenvalue weighted by atomic mass is 32.2. The van der Waals surface area contributed by atoms with Gasteiger partial charge in [-0.15, -0.1) is 21.5 Å². The van der Waals surface area contributed by atoms with E-state index in [9.17, 15) is 4.79 Å². The van der Waals surface area contributed by atoms with Crippen molar-refractivity contribution in [3.63, 3.8) is 0 Å². The molecule has 2 N–H and O–H groups in total. The fraction of sp³-hybridized carbons (Fsp3) is 0.143. The number of rotatable bonds is 8. The van der Waals surface area contributed by atoms with Gasteiger partial charge in [-0.05, 0) is 30.7 Å². The molecule has 0 saturated carbocycles. The Hall–Kier alpha value is -3.17. The van der Waals surface area contributed by atoms with Crippen molar-refractivity contribution < 1.29 is 4.79 Å². The highest BCUT2D eigenvalue weighted by Crippen LogP contribution is 2.23. The number of nitrogens with one attached hydrogen (secondary N) is 2. The highest BCUT2D eigenvalue weighted by molar-refractivity contribution is 7.99. The molecule has 0 aliphatic rings. The third kappa shape index (κ3) is 4.87. The predicted octanol–water partition coefficient (Wildman–Crippen LogP) is 4.38. The second-order valence-corrected chi connectivity index (χ2v) is 8.25. The molecular weight excluding hydrogens is 416 g/mol. The number of anilines is 2. The van der Waals surface area contributed by atoms with Gasteiger partial charge >= 0.3 is 0 Å². The molecule has 2 aromatic heterocycles. The van der Waals surface area contributed by atoms with Crippen molar-refractivity contribution in [1.82, 2.24) is 19.7 Å². The Morgan fingerprint density at radius 3 is 2.67 bits per heavy atom. The first-order chi connectivity index (χ1) is 14.7. The first-order valence-corrected chi connectivity index (χ1v) is 11.2. The second kappa shape index (κ2) is 9.55. The van der Waals surface area contributed by atoms with Crippen LogP contribution in [0.2, 0.25) is 0 Å². The lowest BCUT2D eigenvalue weighted by Gasteiger charge is -2.12. The Labute approximate surface area is 182 Å². The molecule has 152 valence electrons. The largest absolute Gasteiger partial charge is 0.378 e. The van der Waals surface area contributed by atoms with E-state index in [1.54, 1.807) is 6.20 Å². The normalized spacial score (nSPS) is 10.7. The van der Waals surface area contributed by atoms with Crippen molar-refractivity contribution in [2.45, 2.75) is 18.6 Å². The van der Waals surface area contributed by atoms with Gasteiger partial charge in [0, 0.05) is 23.0 Å². The summed E-state index contributed by atoms with van der Waals surface area (Å²) in [6.07, 6.45) is 1.66. The third-order valence-electron chi connectivity index (χ3n) is 4.31. The summed E-state index contributed by atoms with van der Waals surface area (Å²) in [5.74, 6) is 0.861. The van der Waals surface area contributed by atoms with E-state index >= 15 is 0 Å². The second-order valence-electron chi connectivity index (χ2n) is 6.41. The van der Waals surface area contributed by atoms with Crippen LogP contribution in [-0.4, -0.2) is 31.4 Å². The zero-order chi connectivity index (χ0) is 20.8. The Bertz CT molecular complexity index is 1110. The number of hydrogen-bond acceptors (Lipinski definition) is 7. The number of hydrogen-bond donors (Lipinski definition) is 2. The van der Waals surface area contributed by atoms with Gasteiger partial charge in [-0.1, -0.05) is 48.2 Å². The maximum Gasteiger partial charge on any atom is 0.236 e. The van der Waals surface area contributed by atoms with Gasteiger partial charge in [-0.2, -0.15) is 0 Å². The van der Waals surface area contributed by atoms with Crippen LogP contribution in [0, 0.1) is 6.92 Å². The molecule has 9 heteroatoms. The van der Waals surface area contributed by atoms with Crippen LogP contribution in [0.3, 0.4) is 0 Å². The molecule has 0 aliphatic carbocycles. The van der Waals surface area contributed by atoms with Gasteiger partial charge in [0.25, 0.3) is 0 Å². The number of aromatic nitrogens is 4. The topological polar surface area (TPSA) is 84.7 Å². The van der Waals surface area contributed by atoms with Gasteiger partial charge in [-0.25, -0.2) is 4.98 Å². The Morgan fingerprint density at radius 2 is 1.90 bits per heavy atom. The van der Waals surface area contributed by atoms with Gasteiger partial charge in [0.1, 0.15) is 0 Å². The molecule has 0 unspecified atom stereocenters. The lowest BCUT2D eigenvalue weighted by Crippen LogP contribution is -2.14. The van der Waals surface area contributed by atoms with Crippen molar-refractivity contribution in [1.29, 1.82) is 0 Å². The van der Waals surface area contributed by atoms with E-state index in [4.69, 9.17) is 0 Å². The number of carbonyl (C=O) groups is 1. The van der Waals surface area contributed by atoms with Crippen molar-refractivity contribution in [3.8, 4) is 5.69 Å². The molecule has 30 heavy (non-hydrogen) atoms. The zero-order valence-electron chi connectivity index (χ0n) is 16.3. The monoisotopic (exact) mass is 436 g/mol. The van der Waals surface area contributed by atoms with Gasteiger partial charge in [-0.3, -0.25) is 9.36 Å². The fourth-order valence-electron chi connectivity index (χ4n) is 2.86. The summed E-state index contributed by atoms with van der Waals surface area (Å²) < 4.78 is 1.98. The summed E-state index contributed by atoms with van der Waals surface area (Å²) in [6, 6.07) is 18.0. The molecule has 2 aromatic carbocycles. The number of nitrogens with zero attached hydrogens (tertiary/aromatic N) is 4. The first-order valence-electron chi connectivity index (χ1n) is 9.32. The van der Waals surface area contributed by atoms with E-state index in [1.807, 2.05) is 58.5 Å². The molecule has 0 spiro atoms. The summed E-state index contributed by atoms with van der Waals surface area (Å²) in [5, 5.41) is 18.0. The minimum atomic E-state index is -0.128. The number of amides is 1. The van der Waals surface area contributed by atoms with Crippen LogP contribution in [0.4, 0.5) is 10.8 Å². The predicted molar refractivity (Wildman–Crippen MR) is 121 cm³/mol. The van der Waals surface area contributed by atoms with E-state index in [-0.39, 0.29) is 11.7 Å². The van der Waals surface area contributed by atoms with Crippen molar-refractivity contribution in [3.05, 3.63) is 77.6 Å². The van der Waals surface area contributed by atoms with Gasteiger partial charge in [0.05, 0.1) is 12.3 Å². The minimum absolute atomic E-state index is 0.128. The Morgan fingerprint density at radius 1 is 1.10 bits per heavy atom. The molecule has 0 saturated heterocycles. The van der Waals surface area contributed by atoms with Crippen molar-refractivity contribution in [2.75, 3.05) is 16.4 Å². The highest BCUT2D eigenvalue weighted by Gasteiger charge is 2.16. The molecule has 2 heterocycles. The number of benzene rings is 2. The number of thioether (sulfide) groups is 1. The first kappa shape index (κ1) is 20.1. The fourth-order valence-corrected chi connectivity index (χ4v) is 4.18. The van der Waals surface area contributed by atoms with E-state index in [0.717, 1.165) is 22.8 Å². The third-order valence-corrected chi connectivity index (χ3v) is 5.93. The summed E-state index contributed by atoms with van der Waals surface area (Å²) >= 11 is 2.73. The number of thiazole rings is 1. The number of aryl methyl sites for hydroxylation is 1. The van der Waals surface area contributed by atoms with Crippen LogP contribution < -0.4 is 10.6 Å². The van der Waals surface area contributed by atoms with Crippen LogP contribution in [0.1, 0.15) is 11.4 Å². The van der Waals surface area contributed by atoms with Crippen LogP contribution in [-0.2, 0) is 11.3 Å². The summed E-state index contributed by atoms with van der Waals surface area (Å²) in [4.78, 5) is 16.3. The minimum Gasteiger partial charge on any atom is -0.378 e. The average molecular weight is 437 g/mol. The summed E-state index contributed by atoms with van der Waals surface area (Å²) in [5.41, 5.74) is 3.17. The van der Waals surface area contributed by atoms with Crippen LogP contribution in [0.15, 0.2) is 71.3 Å². The molecule has 0 fully saturated rings. The molecule has 0 bridgehead atoms. The quantitative estimate of drug-likeness (QED) is 0.399. The maximum absolute atomic E-state index is 12.3. The van der Waals surface area contributed by atoms with Gasteiger partial charge < -0.3 is 10.6 Å². The molecular formula is C21H20N6OS2. The van der Waals surface area contributed by atoms with E-state index in [1.165, 1.54) is 23.1 Å². The zero-order valence-corrected chi connectivity index (χ0v) is 17.9. The molecule has 0 aliphatic heterocycles. The average Bonchev–Trinajstić information content (AvgIpc) is 3.42. The van der Waals surface area contributed by atoms with Crippen LogP contribution in [0.5, 0.6) is 0 Å². The molecule has 1 amide bonds. The summed E-state index contributed by atoms with van der Waals surface area (Å²) in [6.45, 7) is 2.57. The smallest absolute Gasteiger partial charge is 0.236 e.